The number of benzene rings is 1. The third-order valence-corrected chi connectivity index (χ3v) is 4.90. The quantitative estimate of drug-likeness (QED) is 0.333. The summed E-state index contributed by atoms with van der Waals surface area (Å²) in [6, 6.07) is 3.38. The molecule has 9 heteroatoms. The Morgan fingerprint density at radius 3 is 2.57 bits per heavy atom. The van der Waals surface area contributed by atoms with E-state index in [2.05, 4.69) is 0 Å². The molecule has 8 nitrogen and oxygen atoms in total. The van der Waals surface area contributed by atoms with E-state index in [4.69, 9.17) is 10.5 Å². The lowest BCUT2D eigenvalue weighted by Crippen LogP contribution is -2.34. The predicted molar refractivity (Wildman–Crippen MR) is 78.4 cm³/mol. The van der Waals surface area contributed by atoms with E-state index in [1.165, 1.54) is 16.4 Å². The summed E-state index contributed by atoms with van der Waals surface area (Å²) in [6.07, 6.45) is 0. The van der Waals surface area contributed by atoms with E-state index in [0.717, 1.165) is 6.07 Å². The minimum Gasteiger partial charge on any atom is -0.398 e. The van der Waals surface area contributed by atoms with Crippen molar-refractivity contribution in [3.63, 3.8) is 0 Å². The smallest absolute Gasteiger partial charge is 0.270 e. The molecule has 0 amide bonds. The zero-order valence-corrected chi connectivity index (χ0v) is 12.8. The highest BCUT2D eigenvalue weighted by atomic mass is 32.2. The lowest BCUT2D eigenvalue weighted by Gasteiger charge is -2.21. The van der Waals surface area contributed by atoms with Crippen LogP contribution in [0.5, 0.6) is 0 Å². The Kier molecular flexibility index (Phi) is 6.06. The van der Waals surface area contributed by atoms with Gasteiger partial charge in [-0.05, 0) is 13.0 Å². The molecule has 21 heavy (non-hydrogen) atoms. The summed E-state index contributed by atoms with van der Waals surface area (Å²) in [5.74, 6) is 0. The zero-order valence-electron chi connectivity index (χ0n) is 12.0. The maximum absolute atomic E-state index is 12.5. The standard InChI is InChI=1S/C12H19N3O5S/c1-3-14(7-8-20-4-2)21(18,19)12-9-10(15(16)17)5-6-11(12)13/h5-6,9H,3-4,7-8,13H2,1-2H3. The van der Waals surface area contributed by atoms with Crippen molar-refractivity contribution in [3.05, 3.63) is 28.3 Å². The fourth-order valence-corrected chi connectivity index (χ4v) is 3.33. The molecule has 118 valence electrons. The van der Waals surface area contributed by atoms with Crippen LogP contribution >= 0.6 is 0 Å². The Morgan fingerprint density at radius 2 is 2.05 bits per heavy atom. The Bertz CT molecular complexity index is 603. The summed E-state index contributed by atoms with van der Waals surface area (Å²) in [5.41, 5.74) is 5.33. The average molecular weight is 317 g/mol. The lowest BCUT2D eigenvalue weighted by atomic mass is 10.3. The summed E-state index contributed by atoms with van der Waals surface area (Å²) in [7, 11) is -3.89. The number of sulfonamides is 1. The van der Waals surface area contributed by atoms with Gasteiger partial charge in [0.15, 0.2) is 0 Å². The van der Waals surface area contributed by atoms with E-state index in [1.54, 1.807) is 6.92 Å². The molecule has 0 fully saturated rings. The van der Waals surface area contributed by atoms with E-state index < -0.39 is 14.9 Å². The Morgan fingerprint density at radius 1 is 1.38 bits per heavy atom. The first-order valence-corrected chi connectivity index (χ1v) is 7.90. The molecule has 0 unspecified atom stereocenters. The van der Waals surface area contributed by atoms with Gasteiger partial charge >= 0.3 is 0 Å². The highest BCUT2D eigenvalue weighted by molar-refractivity contribution is 7.89. The van der Waals surface area contributed by atoms with E-state index in [-0.39, 0.29) is 36.0 Å². The van der Waals surface area contributed by atoms with Crippen molar-refractivity contribution in [2.45, 2.75) is 18.7 Å². The van der Waals surface area contributed by atoms with Crippen LogP contribution in [0.1, 0.15) is 13.8 Å². The van der Waals surface area contributed by atoms with Crippen LogP contribution in [0.3, 0.4) is 0 Å². The van der Waals surface area contributed by atoms with Gasteiger partial charge in [0, 0.05) is 31.8 Å². The fraction of sp³-hybridized carbons (Fsp3) is 0.500. The first-order chi connectivity index (χ1) is 9.84. The lowest BCUT2D eigenvalue weighted by molar-refractivity contribution is -0.385. The summed E-state index contributed by atoms with van der Waals surface area (Å²) in [4.78, 5) is 9.87. The molecule has 0 heterocycles. The largest absolute Gasteiger partial charge is 0.398 e. The first kappa shape index (κ1) is 17.3. The second-order valence-corrected chi connectivity index (χ2v) is 6.08. The molecule has 1 aromatic rings. The van der Waals surface area contributed by atoms with Crippen LogP contribution in [-0.4, -0.2) is 43.9 Å². The number of anilines is 1. The minimum absolute atomic E-state index is 0.0181. The number of rotatable bonds is 8. The molecule has 2 N–H and O–H groups in total. The van der Waals surface area contributed by atoms with Crippen LogP contribution in [0, 0.1) is 10.1 Å². The van der Waals surface area contributed by atoms with Crippen LogP contribution in [0.25, 0.3) is 0 Å². The molecule has 0 spiro atoms. The molecule has 1 aromatic carbocycles. The molecule has 0 saturated carbocycles. The molecule has 0 saturated heterocycles. The van der Waals surface area contributed by atoms with E-state index >= 15 is 0 Å². The third kappa shape index (κ3) is 4.13. The van der Waals surface area contributed by atoms with E-state index in [0.29, 0.717) is 6.61 Å². The van der Waals surface area contributed by atoms with Gasteiger partial charge < -0.3 is 10.5 Å². The van der Waals surface area contributed by atoms with Crippen molar-refractivity contribution in [1.82, 2.24) is 4.31 Å². The van der Waals surface area contributed by atoms with Gasteiger partial charge in [-0.25, -0.2) is 8.42 Å². The van der Waals surface area contributed by atoms with Crippen LogP contribution in [-0.2, 0) is 14.8 Å². The Labute approximate surface area is 123 Å². The third-order valence-electron chi connectivity index (χ3n) is 2.87. The number of hydrogen-bond donors (Lipinski definition) is 1. The number of nitrogen functional groups attached to an aromatic ring is 1. The summed E-state index contributed by atoms with van der Waals surface area (Å²) >= 11 is 0. The number of nitrogens with two attached hydrogens (primary N) is 1. The van der Waals surface area contributed by atoms with Gasteiger partial charge in [-0.2, -0.15) is 4.31 Å². The molecule has 0 aliphatic heterocycles. The van der Waals surface area contributed by atoms with Crippen molar-refractivity contribution < 1.29 is 18.1 Å². The molecule has 0 aliphatic carbocycles. The summed E-state index contributed by atoms with van der Waals surface area (Å²) in [6.45, 7) is 4.60. The molecule has 0 aliphatic rings. The van der Waals surface area contributed by atoms with Gasteiger partial charge in [0.05, 0.1) is 17.2 Å². The molecule has 1 rings (SSSR count). The van der Waals surface area contributed by atoms with E-state index in [9.17, 15) is 18.5 Å². The summed E-state index contributed by atoms with van der Waals surface area (Å²) in [5, 5.41) is 10.8. The van der Waals surface area contributed by atoms with Crippen LogP contribution < -0.4 is 5.73 Å². The number of likely N-dealkylation sites (N-methyl/N-ethyl adjacent to an activating group) is 1. The molecular weight excluding hydrogens is 298 g/mol. The van der Waals surface area contributed by atoms with Gasteiger partial charge in [-0.3, -0.25) is 10.1 Å². The van der Waals surface area contributed by atoms with Crippen molar-refractivity contribution in [1.29, 1.82) is 0 Å². The van der Waals surface area contributed by atoms with Crippen LogP contribution in [0.4, 0.5) is 11.4 Å². The number of nitro benzene ring substituents is 1. The Balaban J connectivity index is 3.15. The maximum Gasteiger partial charge on any atom is 0.270 e. The molecule has 0 radical (unpaired) electrons. The number of ether oxygens (including phenoxy) is 1. The second-order valence-electron chi connectivity index (χ2n) is 4.17. The summed E-state index contributed by atoms with van der Waals surface area (Å²) < 4.78 is 31.4. The predicted octanol–water partition coefficient (Wildman–Crippen LogP) is 1.22. The average Bonchev–Trinajstić information content (AvgIpc) is 2.43. The minimum atomic E-state index is -3.89. The van der Waals surface area contributed by atoms with Gasteiger partial charge in [0.25, 0.3) is 5.69 Å². The number of nitro groups is 1. The van der Waals surface area contributed by atoms with E-state index in [1.807, 2.05) is 6.92 Å². The number of nitrogens with zero attached hydrogens (tertiary/aromatic N) is 2. The van der Waals surface area contributed by atoms with Crippen molar-refractivity contribution in [3.8, 4) is 0 Å². The van der Waals surface area contributed by atoms with Crippen LogP contribution in [0.2, 0.25) is 0 Å². The molecule has 0 atom stereocenters. The SMILES string of the molecule is CCOCCN(CC)S(=O)(=O)c1cc([N+](=O)[O-])ccc1N. The topological polar surface area (TPSA) is 116 Å². The molecule has 0 aromatic heterocycles. The van der Waals surface area contributed by atoms with Gasteiger partial charge in [-0.15, -0.1) is 0 Å². The highest BCUT2D eigenvalue weighted by Gasteiger charge is 2.27. The second kappa shape index (κ2) is 7.34. The molecular formula is C12H19N3O5S. The maximum atomic E-state index is 12.5. The van der Waals surface area contributed by atoms with Crippen molar-refractivity contribution in [2.24, 2.45) is 0 Å². The number of hydrogen-bond acceptors (Lipinski definition) is 6. The van der Waals surface area contributed by atoms with Crippen LogP contribution in [0.15, 0.2) is 23.1 Å². The van der Waals surface area contributed by atoms with Gasteiger partial charge in [0.2, 0.25) is 10.0 Å². The Hall–Kier alpha value is -1.71. The van der Waals surface area contributed by atoms with Crippen molar-refractivity contribution >= 4 is 21.4 Å². The van der Waals surface area contributed by atoms with Crippen molar-refractivity contribution in [2.75, 3.05) is 32.0 Å². The monoisotopic (exact) mass is 317 g/mol. The zero-order chi connectivity index (χ0) is 16.0. The normalized spacial score (nSPS) is 11.8. The number of non-ortho nitro benzene ring substituents is 1. The molecule has 0 bridgehead atoms. The van der Waals surface area contributed by atoms with Gasteiger partial charge in [0.1, 0.15) is 4.90 Å². The first-order valence-electron chi connectivity index (χ1n) is 6.46. The highest BCUT2D eigenvalue weighted by Crippen LogP contribution is 2.26. The fourth-order valence-electron chi connectivity index (χ4n) is 1.76. The van der Waals surface area contributed by atoms with Gasteiger partial charge in [-0.1, -0.05) is 6.92 Å².